The number of carbonyl (C=O) groups is 1. The van der Waals surface area contributed by atoms with Crippen LogP contribution in [0.2, 0.25) is 5.02 Å². The van der Waals surface area contributed by atoms with Gasteiger partial charge < -0.3 is 15.0 Å². The van der Waals surface area contributed by atoms with Crippen LogP contribution in [0.4, 0.5) is 11.4 Å². The number of rotatable bonds is 6. The number of morpholine rings is 1. The number of pyridine rings is 1. The van der Waals surface area contributed by atoms with E-state index < -0.39 is 0 Å². The highest BCUT2D eigenvalue weighted by molar-refractivity contribution is 7.99. The van der Waals surface area contributed by atoms with E-state index in [0.29, 0.717) is 24.0 Å². The summed E-state index contributed by atoms with van der Waals surface area (Å²) >= 11 is 7.96. The highest BCUT2D eigenvalue weighted by Gasteiger charge is 2.19. The predicted octanol–water partition coefficient (Wildman–Crippen LogP) is 3.44. The molecule has 0 atom stereocenters. The van der Waals surface area contributed by atoms with Gasteiger partial charge in [-0.25, -0.2) is 0 Å². The average Bonchev–Trinajstić information content (AvgIpc) is 2.63. The molecule has 1 aromatic heterocycles. The quantitative estimate of drug-likeness (QED) is 0.835. The molecule has 132 valence electrons. The third-order valence-corrected chi connectivity index (χ3v) is 5.15. The predicted molar refractivity (Wildman–Crippen MR) is 104 cm³/mol. The standard InChI is InChI=1S/C18H20ClN3O2S/c19-15-2-1-3-16(18(15)22-8-10-24-11-9-22)21-17(23)13-25-12-14-4-6-20-7-5-14/h1-7H,8-13H2,(H,21,23). The average molecular weight is 378 g/mol. The molecule has 7 heteroatoms. The largest absolute Gasteiger partial charge is 0.378 e. The zero-order valence-corrected chi connectivity index (χ0v) is 15.4. The maximum absolute atomic E-state index is 12.3. The number of nitrogens with zero attached hydrogens (tertiary/aromatic N) is 2. The van der Waals surface area contributed by atoms with Gasteiger partial charge in [-0.1, -0.05) is 17.7 Å². The number of benzene rings is 1. The Kier molecular flexibility index (Phi) is 6.55. The molecule has 3 rings (SSSR count). The molecule has 1 aromatic carbocycles. The second kappa shape index (κ2) is 9.08. The van der Waals surface area contributed by atoms with E-state index in [1.54, 1.807) is 24.2 Å². The van der Waals surface area contributed by atoms with Crippen molar-refractivity contribution in [3.63, 3.8) is 0 Å². The van der Waals surface area contributed by atoms with Gasteiger partial charge in [0, 0.05) is 31.2 Å². The zero-order chi connectivity index (χ0) is 17.5. The number of halogens is 1. The molecule has 0 unspecified atom stereocenters. The van der Waals surface area contributed by atoms with E-state index in [1.165, 1.54) is 0 Å². The van der Waals surface area contributed by atoms with Gasteiger partial charge in [0.15, 0.2) is 0 Å². The summed E-state index contributed by atoms with van der Waals surface area (Å²) in [5.74, 6) is 1.13. The van der Waals surface area contributed by atoms with Crippen LogP contribution in [0.15, 0.2) is 42.7 Å². The number of aromatic nitrogens is 1. The Hall–Kier alpha value is -1.76. The Morgan fingerprint density at radius 1 is 1.24 bits per heavy atom. The van der Waals surface area contributed by atoms with Crippen molar-refractivity contribution < 1.29 is 9.53 Å². The molecular weight excluding hydrogens is 358 g/mol. The Balaban J connectivity index is 1.60. The molecule has 0 radical (unpaired) electrons. The molecule has 1 amide bonds. The van der Waals surface area contributed by atoms with E-state index in [2.05, 4.69) is 15.2 Å². The molecule has 0 spiro atoms. The molecule has 1 fully saturated rings. The van der Waals surface area contributed by atoms with Gasteiger partial charge in [-0.2, -0.15) is 0 Å². The van der Waals surface area contributed by atoms with Crippen LogP contribution >= 0.6 is 23.4 Å². The summed E-state index contributed by atoms with van der Waals surface area (Å²) in [7, 11) is 0. The van der Waals surface area contributed by atoms with Crippen molar-refractivity contribution in [2.24, 2.45) is 0 Å². The van der Waals surface area contributed by atoms with Gasteiger partial charge in [-0.05, 0) is 29.8 Å². The lowest BCUT2D eigenvalue weighted by Crippen LogP contribution is -2.37. The van der Waals surface area contributed by atoms with Crippen molar-refractivity contribution in [3.05, 3.63) is 53.3 Å². The lowest BCUT2D eigenvalue weighted by Gasteiger charge is -2.31. The number of hydrogen-bond donors (Lipinski definition) is 1. The van der Waals surface area contributed by atoms with E-state index in [1.807, 2.05) is 30.3 Å². The maximum Gasteiger partial charge on any atom is 0.234 e. The minimum atomic E-state index is -0.0316. The summed E-state index contributed by atoms with van der Waals surface area (Å²) in [4.78, 5) is 18.5. The smallest absolute Gasteiger partial charge is 0.234 e. The second-order valence-electron chi connectivity index (χ2n) is 5.63. The molecule has 25 heavy (non-hydrogen) atoms. The molecule has 1 saturated heterocycles. The first kappa shape index (κ1) is 18.0. The number of amides is 1. The summed E-state index contributed by atoms with van der Waals surface area (Å²) < 4.78 is 5.40. The number of anilines is 2. The van der Waals surface area contributed by atoms with Crippen LogP contribution in [0.25, 0.3) is 0 Å². The second-order valence-corrected chi connectivity index (χ2v) is 7.02. The summed E-state index contributed by atoms with van der Waals surface area (Å²) in [5.41, 5.74) is 2.79. The van der Waals surface area contributed by atoms with Crippen LogP contribution in [0.5, 0.6) is 0 Å². The Morgan fingerprint density at radius 3 is 2.76 bits per heavy atom. The van der Waals surface area contributed by atoms with Crippen LogP contribution in [-0.4, -0.2) is 42.9 Å². The topological polar surface area (TPSA) is 54.5 Å². The summed E-state index contributed by atoms with van der Waals surface area (Å²) in [6.45, 7) is 2.87. The molecule has 5 nitrogen and oxygen atoms in total. The van der Waals surface area contributed by atoms with E-state index in [-0.39, 0.29) is 5.91 Å². The summed E-state index contributed by atoms with van der Waals surface area (Å²) in [6.07, 6.45) is 3.52. The lowest BCUT2D eigenvalue weighted by atomic mass is 10.2. The zero-order valence-electron chi connectivity index (χ0n) is 13.8. The van der Waals surface area contributed by atoms with Crippen molar-refractivity contribution in [2.75, 3.05) is 42.3 Å². The third kappa shape index (κ3) is 5.11. The van der Waals surface area contributed by atoms with Crippen molar-refractivity contribution in [1.29, 1.82) is 0 Å². The van der Waals surface area contributed by atoms with Gasteiger partial charge in [0.05, 0.1) is 35.4 Å². The van der Waals surface area contributed by atoms with Crippen molar-refractivity contribution in [2.45, 2.75) is 5.75 Å². The number of carbonyl (C=O) groups excluding carboxylic acids is 1. The van der Waals surface area contributed by atoms with Crippen LogP contribution in [0.3, 0.4) is 0 Å². The van der Waals surface area contributed by atoms with Gasteiger partial charge in [-0.15, -0.1) is 11.8 Å². The number of nitrogens with one attached hydrogen (secondary N) is 1. The molecular formula is C18H20ClN3O2S. The van der Waals surface area contributed by atoms with E-state index >= 15 is 0 Å². The van der Waals surface area contributed by atoms with Gasteiger partial charge in [0.1, 0.15) is 0 Å². The van der Waals surface area contributed by atoms with E-state index in [4.69, 9.17) is 16.3 Å². The Labute approximate surface area is 156 Å². The number of ether oxygens (including phenoxy) is 1. The van der Waals surface area contributed by atoms with Crippen LogP contribution in [0.1, 0.15) is 5.56 Å². The Bertz CT molecular complexity index is 709. The van der Waals surface area contributed by atoms with Crippen LogP contribution < -0.4 is 10.2 Å². The maximum atomic E-state index is 12.3. The fraction of sp³-hybridized carbons (Fsp3) is 0.333. The monoisotopic (exact) mass is 377 g/mol. The number of para-hydroxylation sites is 1. The molecule has 1 aliphatic heterocycles. The molecule has 1 N–H and O–H groups in total. The van der Waals surface area contributed by atoms with Gasteiger partial charge in [0.25, 0.3) is 0 Å². The van der Waals surface area contributed by atoms with Crippen molar-refractivity contribution in [1.82, 2.24) is 4.98 Å². The molecule has 0 saturated carbocycles. The van der Waals surface area contributed by atoms with Crippen LogP contribution in [-0.2, 0) is 15.3 Å². The first-order chi connectivity index (χ1) is 12.2. The van der Waals surface area contributed by atoms with E-state index in [9.17, 15) is 4.79 Å². The SMILES string of the molecule is O=C(CSCc1ccncc1)Nc1cccc(Cl)c1N1CCOCC1. The van der Waals surface area contributed by atoms with Gasteiger partial charge in [0.2, 0.25) is 5.91 Å². The third-order valence-electron chi connectivity index (χ3n) is 3.84. The van der Waals surface area contributed by atoms with Gasteiger partial charge >= 0.3 is 0 Å². The van der Waals surface area contributed by atoms with Gasteiger partial charge in [-0.3, -0.25) is 9.78 Å². The van der Waals surface area contributed by atoms with Crippen molar-refractivity contribution in [3.8, 4) is 0 Å². The first-order valence-electron chi connectivity index (χ1n) is 8.12. The van der Waals surface area contributed by atoms with Crippen molar-refractivity contribution >= 4 is 40.6 Å². The first-order valence-corrected chi connectivity index (χ1v) is 9.65. The minimum Gasteiger partial charge on any atom is -0.378 e. The molecule has 2 heterocycles. The Morgan fingerprint density at radius 2 is 2.00 bits per heavy atom. The highest BCUT2D eigenvalue weighted by Crippen LogP contribution is 2.34. The summed E-state index contributed by atoms with van der Waals surface area (Å²) in [6, 6.07) is 9.51. The fourth-order valence-corrected chi connectivity index (χ4v) is 3.73. The number of hydrogen-bond acceptors (Lipinski definition) is 5. The lowest BCUT2D eigenvalue weighted by molar-refractivity contribution is -0.113. The molecule has 0 bridgehead atoms. The molecule has 0 aliphatic carbocycles. The number of thioether (sulfide) groups is 1. The fourth-order valence-electron chi connectivity index (χ4n) is 2.65. The van der Waals surface area contributed by atoms with Crippen LogP contribution in [0, 0.1) is 0 Å². The normalized spacial score (nSPS) is 14.4. The molecule has 1 aliphatic rings. The summed E-state index contributed by atoms with van der Waals surface area (Å²) in [5, 5.41) is 3.64. The highest BCUT2D eigenvalue weighted by atomic mass is 35.5. The van der Waals surface area contributed by atoms with E-state index in [0.717, 1.165) is 35.8 Å². The minimum absolute atomic E-state index is 0.0316. The molecule has 2 aromatic rings.